The lowest BCUT2D eigenvalue weighted by atomic mass is 9.47. The van der Waals surface area contributed by atoms with Crippen LogP contribution in [-0.2, 0) is 19.0 Å². The van der Waals surface area contributed by atoms with Gasteiger partial charge in [0.15, 0.2) is 0 Å². The molecule has 0 aromatic carbocycles. The van der Waals surface area contributed by atoms with E-state index < -0.39 is 0 Å². The predicted octanol–water partition coefficient (Wildman–Crippen LogP) is 7.32. The number of rotatable bonds is 14. The first-order valence-corrected chi connectivity index (χ1v) is 16.4. The molecule has 3 saturated carbocycles. The summed E-state index contributed by atoms with van der Waals surface area (Å²) in [6.07, 6.45) is 17.1. The lowest BCUT2D eigenvalue weighted by Crippen LogP contribution is -2.51. The molecule has 8 atom stereocenters. The van der Waals surface area contributed by atoms with Crippen molar-refractivity contribution in [1.29, 1.82) is 0 Å². The van der Waals surface area contributed by atoms with Crippen LogP contribution in [0.15, 0.2) is 11.6 Å². The van der Waals surface area contributed by atoms with Crippen LogP contribution in [0, 0.1) is 46.3 Å². The second kappa shape index (κ2) is 13.8. The summed E-state index contributed by atoms with van der Waals surface area (Å²) in [5.41, 5.74) is 7.82. The number of carbonyl (C=O) groups is 1. The van der Waals surface area contributed by atoms with Crippen molar-refractivity contribution in [2.75, 3.05) is 33.0 Å². The van der Waals surface area contributed by atoms with E-state index in [2.05, 4.69) is 40.7 Å². The van der Waals surface area contributed by atoms with Crippen molar-refractivity contribution in [3.63, 3.8) is 0 Å². The number of nitrogens with two attached hydrogens (primary N) is 1. The molecule has 0 aliphatic heterocycles. The van der Waals surface area contributed by atoms with Gasteiger partial charge in [-0.3, -0.25) is 4.79 Å². The third-order valence-corrected chi connectivity index (χ3v) is 11.6. The van der Waals surface area contributed by atoms with E-state index in [1.807, 2.05) is 0 Å². The predicted molar refractivity (Wildman–Crippen MR) is 158 cm³/mol. The fourth-order valence-corrected chi connectivity index (χ4v) is 9.56. The fraction of sp³-hybridized carbons (Fsp3) is 0.912. The van der Waals surface area contributed by atoms with Crippen LogP contribution in [0.3, 0.4) is 0 Å². The quantitative estimate of drug-likeness (QED) is 0.141. The largest absolute Gasteiger partial charge is 0.462 e. The molecule has 0 radical (unpaired) electrons. The molecule has 0 heterocycles. The maximum atomic E-state index is 12.5. The molecule has 5 nitrogen and oxygen atoms in total. The van der Waals surface area contributed by atoms with E-state index in [9.17, 15) is 4.79 Å². The second-order valence-corrected chi connectivity index (χ2v) is 14.4. The van der Waals surface area contributed by atoms with E-state index in [0.29, 0.717) is 50.2 Å². The van der Waals surface area contributed by atoms with Gasteiger partial charge >= 0.3 is 5.97 Å². The van der Waals surface area contributed by atoms with E-state index in [0.717, 1.165) is 54.8 Å². The molecule has 4 aliphatic rings. The van der Waals surface area contributed by atoms with E-state index in [-0.39, 0.29) is 12.1 Å². The SMILES string of the molecule is CC(C)CCC[C@@H](C)[C@H]1CC[C@H]2[C@@H]3CC=C4C[C@@H](OC(=O)CCOCCOCCN)CC[C@]4(C)[C@H]3CC[C@]12C. The van der Waals surface area contributed by atoms with Crippen LogP contribution in [0.4, 0.5) is 0 Å². The molecule has 2 N–H and O–H groups in total. The zero-order valence-electron chi connectivity index (χ0n) is 25.8. The first kappa shape index (κ1) is 31.0. The van der Waals surface area contributed by atoms with Gasteiger partial charge in [-0.1, -0.05) is 65.5 Å². The molecular formula is C34H59NO4. The van der Waals surface area contributed by atoms with Crippen LogP contribution in [0.5, 0.6) is 0 Å². The number of hydrogen-bond acceptors (Lipinski definition) is 5. The molecule has 224 valence electrons. The third-order valence-electron chi connectivity index (χ3n) is 11.6. The summed E-state index contributed by atoms with van der Waals surface area (Å²) >= 11 is 0. The third kappa shape index (κ3) is 7.12. The van der Waals surface area contributed by atoms with Gasteiger partial charge in [0, 0.05) is 13.0 Å². The minimum atomic E-state index is -0.131. The van der Waals surface area contributed by atoms with Crippen LogP contribution in [0.1, 0.15) is 112 Å². The molecule has 0 aromatic rings. The fourth-order valence-electron chi connectivity index (χ4n) is 9.56. The summed E-state index contributed by atoms with van der Waals surface area (Å²) in [4.78, 5) is 12.5. The molecule has 5 heteroatoms. The standard InChI is InChI=1S/C34H59NO4/c1-24(2)7-6-8-25(3)29-11-12-30-28-10-9-26-23-27(39-32(36)15-19-37-21-22-38-20-18-35)13-16-33(26,4)31(28)14-17-34(29,30)5/h9,24-25,27-31H,6-8,10-23,35H2,1-5H3/t25-,27+,28+,29-,30+,31+,33+,34-/m1/s1. The maximum absolute atomic E-state index is 12.5. The molecule has 0 bridgehead atoms. The van der Waals surface area contributed by atoms with Crippen molar-refractivity contribution in [3.8, 4) is 0 Å². The molecule has 39 heavy (non-hydrogen) atoms. The van der Waals surface area contributed by atoms with Gasteiger partial charge in [-0.2, -0.15) is 0 Å². The lowest BCUT2D eigenvalue weighted by Gasteiger charge is -2.58. The van der Waals surface area contributed by atoms with Crippen molar-refractivity contribution in [2.45, 2.75) is 118 Å². The van der Waals surface area contributed by atoms with Crippen molar-refractivity contribution >= 4 is 5.97 Å². The number of esters is 1. The van der Waals surface area contributed by atoms with Gasteiger partial charge in [0.2, 0.25) is 0 Å². The minimum absolute atomic E-state index is 0.0256. The molecule has 0 unspecified atom stereocenters. The zero-order chi connectivity index (χ0) is 28.0. The number of allylic oxidation sites excluding steroid dienone is 1. The highest BCUT2D eigenvalue weighted by Gasteiger charge is 2.59. The van der Waals surface area contributed by atoms with Crippen molar-refractivity contribution in [2.24, 2.45) is 52.1 Å². The first-order chi connectivity index (χ1) is 18.7. The average molecular weight is 546 g/mol. The lowest BCUT2D eigenvalue weighted by molar-refractivity contribution is -0.152. The van der Waals surface area contributed by atoms with Gasteiger partial charge in [-0.05, 0) is 91.3 Å². The highest BCUT2D eigenvalue weighted by Crippen LogP contribution is 2.67. The van der Waals surface area contributed by atoms with Gasteiger partial charge in [-0.25, -0.2) is 0 Å². The molecule has 0 saturated heterocycles. The Morgan fingerprint density at radius 3 is 2.49 bits per heavy atom. The van der Waals surface area contributed by atoms with Crippen LogP contribution in [-0.4, -0.2) is 45.0 Å². The van der Waals surface area contributed by atoms with Crippen LogP contribution in [0.2, 0.25) is 0 Å². The molecule has 3 fully saturated rings. The summed E-state index contributed by atoms with van der Waals surface area (Å²) in [5.74, 6) is 5.00. The van der Waals surface area contributed by atoms with Crippen molar-refractivity contribution in [3.05, 3.63) is 11.6 Å². The van der Waals surface area contributed by atoms with Crippen molar-refractivity contribution in [1.82, 2.24) is 0 Å². The Kier molecular flexibility index (Phi) is 11.0. The first-order valence-electron chi connectivity index (χ1n) is 16.4. The summed E-state index contributed by atoms with van der Waals surface area (Å²) in [7, 11) is 0. The Morgan fingerprint density at radius 2 is 1.74 bits per heavy atom. The van der Waals surface area contributed by atoms with Gasteiger partial charge in [-0.15, -0.1) is 0 Å². The Labute approximate surface area is 239 Å². The number of hydrogen-bond donors (Lipinski definition) is 1. The van der Waals surface area contributed by atoms with Gasteiger partial charge in [0.05, 0.1) is 32.8 Å². The topological polar surface area (TPSA) is 70.8 Å². The maximum Gasteiger partial charge on any atom is 0.308 e. The smallest absolute Gasteiger partial charge is 0.308 e. The molecule has 0 aromatic heterocycles. The number of carbonyl (C=O) groups excluding carboxylic acids is 1. The molecule has 0 spiro atoms. The normalized spacial score (nSPS) is 36.6. The number of fused-ring (bicyclic) bond motifs is 5. The highest BCUT2D eigenvalue weighted by atomic mass is 16.5. The Morgan fingerprint density at radius 1 is 0.974 bits per heavy atom. The Bertz CT molecular complexity index is 826. The van der Waals surface area contributed by atoms with E-state index >= 15 is 0 Å². The van der Waals surface area contributed by atoms with E-state index in [4.69, 9.17) is 19.9 Å². The highest BCUT2D eigenvalue weighted by molar-refractivity contribution is 5.69. The van der Waals surface area contributed by atoms with Crippen LogP contribution in [0.25, 0.3) is 0 Å². The molecule has 4 aliphatic carbocycles. The molecular weight excluding hydrogens is 486 g/mol. The van der Waals surface area contributed by atoms with Gasteiger partial charge in [0.25, 0.3) is 0 Å². The summed E-state index contributed by atoms with van der Waals surface area (Å²) < 4.78 is 16.7. The van der Waals surface area contributed by atoms with Crippen LogP contribution >= 0.6 is 0 Å². The summed E-state index contributed by atoms with van der Waals surface area (Å²) in [6.45, 7) is 15.0. The van der Waals surface area contributed by atoms with E-state index in [1.54, 1.807) is 5.57 Å². The molecule has 4 rings (SSSR count). The van der Waals surface area contributed by atoms with Crippen molar-refractivity contribution < 1.29 is 19.0 Å². The molecule has 0 amide bonds. The average Bonchev–Trinajstić information content (AvgIpc) is 3.25. The van der Waals surface area contributed by atoms with Gasteiger partial charge in [0.1, 0.15) is 6.10 Å². The van der Waals surface area contributed by atoms with E-state index in [1.165, 1.54) is 51.4 Å². The summed E-state index contributed by atoms with van der Waals surface area (Å²) in [6, 6.07) is 0. The minimum Gasteiger partial charge on any atom is -0.462 e. The zero-order valence-corrected chi connectivity index (χ0v) is 25.8. The van der Waals surface area contributed by atoms with Gasteiger partial charge < -0.3 is 19.9 Å². The Balaban J connectivity index is 1.29. The monoisotopic (exact) mass is 545 g/mol. The summed E-state index contributed by atoms with van der Waals surface area (Å²) in [5, 5.41) is 0. The Hall–Kier alpha value is -0.910. The number of ether oxygens (including phenoxy) is 3. The van der Waals surface area contributed by atoms with Crippen LogP contribution < -0.4 is 5.73 Å². The second-order valence-electron chi connectivity index (χ2n) is 14.4.